The van der Waals surface area contributed by atoms with Crippen LogP contribution in [0, 0.1) is 0 Å². The molecule has 1 rings (SSSR count). The summed E-state index contributed by atoms with van der Waals surface area (Å²) >= 11 is 0. The SMILES string of the molecule is CC(=O)COCCOCCCC(=O)CN1CCN(CC(C)=O)CCN(CC(C)=O)CCN(CC(C)=O)CC1. The fraction of sp³-hybridized carbons (Fsp3) is 0.815. The molecule has 38 heavy (non-hydrogen) atoms. The van der Waals surface area contributed by atoms with Gasteiger partial charge in [0, 0.05) is 65.4 Å². The molecule has 0 aromatic heterocycles. The zero-order valence-corrected chi connectivity index (χ0v) is 23.9. The highest BCUT2D eigenvalue weighted by Crippen LogP contribution is 2.03. The fourth-order valence-electron chi connectivity index (χ4n) is 4.29. The van der Waals surface area contributed by atoms with Crippen LogP contribution in [0.1, 0.15) is 40.5 Å². The molecule has 218 valence electrons. The maximum absolute atomic E-state index is 12.7. The quantitative estimate of drug-likeness (QED) is 0.231. The van der Waals surface area contributed by atoms with Gasteiger partial charge in [-0.1, -0.05) is 0 Å². The number of carbonyl (C=O) groups is 5. The number of hydrogen-bond acceptors (Lipinski definition) is 11. The molecule has 11 heteroatoms. The van der Waals surface area contributed by atoms with Crippen LogP contribution in [0.2, 0.25) is 0 Å². The summed E-state index contributed by atoms with van der Waals surface area (Å²) in [5, 5.41) is 0. The summed E-state index contributed by atoms with van der Waals surface area (Å²) in [4.78, 5) is 67.4. The number of ether oxygens (including phenoxy) is 2. The maximum Gasteiger partial charge on any atom is 0.155 e. The van der Waals surface area contributed by atoms with E-state index in [0.717, 1.165) is 0 Å². The van der Waals surface area contributed by atoms with Gasteiger partial charge in [-0.05, 0) is 34.1 Å². The van der Waals surface area contributed by atoms with Gasteiger partial charge in [0.25, 0.3) is 0 Å². The van der Waals surface area contributed by atoms with Crippen molar-refractivity contribution in [2.45, 2.75) is 40.5 Å². The first-order chi connectivity index (χ1) is 18.0. The van der Waals surface area contributed by atoms with Crippen LogP contribution in [-0.4, -0.2) is 153 Å². The number of rotatable bonds is 17. The molecule has 0 radical (unpaired) electrons. The van der Waals surface area contributed by atoms with Crippen molar-refractivity contribution in [3.63, 3.8) is 0 Å². The second kappa shape index (κ2) is 20.1. The van der Waals surface area contributed by atoms with Crippen LogP contribution in [0.4, 0.5) is 0 Å². The molecule has 11 nitrogen and oxygen atoms in total. The molecule has 1 fully saturated rings. The minimum Gasteiger partial charge on any atom is -0.379 e. The monoisotopic (exact) mass is 540 g/mol. The van der Waals surface area contributed by atoms with E-state index >= 15 is 0 Å². The Labute approximate surface area is 227 Å². The molecule has 1 aliphatic heterocycles. The lowest BCUT2D eigenvalue weighted by Crippen LogP contribution is -2.48. The van der Waals surface area contributed by atoms with E-state index in [9.17, 15) is 24.0 Å². The smallest absolute Gasteiger partial charge is 0.155 e. The molecule has 1 heterocycles. The summed E-state index contributed by atoms with van der Waals surface area (Å²) < 4.78 is 10.6. The third kappa shape index (κ3) is 18.4. The van der Waals surface area contributed by atoms with Gasteiger partial charge < -0.3 is 9.47 Å². The highest BCUT2D eigenvalue weighted by Gasteiger charge is 2.19. The molecule has 0 N–H and O–H groups in total. The van der Waals surface area contributed by atoms with Crippen molar-refractivity contribution < 1.29 is 33.4 Å². The van der Waals surface area contributed by atoms with Crippen LogP contribution in [0.3, 0.4) is 0 Å². The molecule has 0 aromatic carbocycles. The zero-order chi connectivity index (χ0) is 28.3. The first-order valence-corrected chi connectivity index (χ1v) is 13.6. The summed E-state index contributed by atoms with van der Waals surface area (Å²) in [6.07, 6.45) is 1.01. The Bertz CT molecular complexity index is 730. The standard InChI is InChI=1S/C27H48N4O7/c1-23(32)18-28-7-9-29(19-24(2)33)11-13-31(14-12-30(10-8-28)20-25(3)34)21-27(36)6-5-15-37-16-17-38-22-26(4)35/h5-22H2,1-4H3. The van der Waals surface area contributed by atoms with Crippen molar-refractivity contribution in [1.29, 1.82) is 0 Å². The van der Waals surface area contributed by atoms with Crippen LogP contribution >= 0.6 is 0 Å². The summed E-state index contributed by atoms with van der Waals surface area (Å²) in [7, 11) is 0. The Morgan fingerprint density at radius 3 is 1.24 bits per heavy atom. The first-order valence-electron chi connectivity index (χ1n) is 13.6. The maximum atomic E-state index is 12.7. The molecule has 0 unspecified atom stereocenters. The molecular weight excluding hydrogens is 492 g/mol. The highest BCUT2D eigenvalue weighted by atomic mass is 16.5. The number of carbonyl (C=O) groups excluding carboxylic acids is 5. The van der Waals surface area contributed by atoms with E-state index in [1.54, 1.807) is 20.8 Å². The lowest BCUT2D eigenvalue weighted by atomic mass is 10.2. The van der Waals surface area contributed by atoms with Crippen molar-refractivity contribution in [2.75, 3.05) is 105 Å². The molecule has 0 aliphatic carbocycles. The van der Waals surface area contributed by atoms with E-state index in [1.807, 2.05) is 0 Å². The third-order valence-corrected chi connectivity index (χ3v) is 6.09. The van der Waals surface area contributed by atoms with Gasteiger partial charge in [-0.2, -0.15) is 0 Å². The summed E-state index contributed by atoms with van der Waals surface area (Å²) in [6, 6.07) is 0. The Balaban J connectivity index is 2.68. The molecule has 0 bridgehead atoms. The lowest BCUT2D eigenvalue weighted by Gasteiger charge is -2.33. The van der Waals surface area contributed by atoms with Crippen molar-refractivity contribution in [3.05, 3.63) is 0 Å². The molecule has 0 aromatic rings. The van der Waals surface area contributed by atoms with Gasteiger partial charge in [0.05, 0.1) is 39.4 Å². The van der Waals surface area contributed by atoms with Crippen molar-refractivity contribution in [3.8, 4) is 0 Å². The fourth-order valence-corrected chi connectivity index (χ4v) is 4.29. The highest BCUT2D eigenvalue weighted by molar-refractivity contribution is 5.80. The molecular formula is C27H48N4O7. The Kier molecular flexibility index (Phi) is 18.0. The number of nitrogens with zero attached hydrogens (tertiary/aromatic N) is 4. The first kappa shape index (κ1) is 34.1. The Hall–Kier alpha value is -1.89. The van der Waals surface area contributed by atoms with Crippen LogP contribution in [-0.2, 0) is 33.4 Å². The number of hydrogen-bond donors (Lipinski definition) is 0. The molecule has 0 amide bonds. The average molecular weight is 541 g/mol. The molecule has 0 spiro atoms. The second-order valence-corrected chi connectivity index (χ2v) is 10.2. The van der Waals surface area contributed by atoms with E-state index in [2.05, 4.69) is 19.6 Å². The Morgan fingerprint density at radius 1 is 0.500 bits per heavy atom. The van der Waals surface area contributed by atoms with E-state index in [1.165, 1.54) is 6.92 Å². The minimum absolute atomic E-state index is 0.0268. The molecule has 0 atom stereocenters. The van der Waals surface area contributed by atoms with Crippen molar-refractivity contribution in [2.24, 2.45) is 0 Å². The van der Waals surface area contributed by atoms with Gasteiger partial charge in [-0.15, -0.1) is 0 Å². The summed E-state index contributed by atoms with van der Waals surface area (Å²) in [5.41, 5.74) is 0. The van der Waals surface area contributed by atoms with Crippen LogP contribution in [0.25, 0.3) is 0 Å². The van der Waals surface area contributed by atoms with Gasteiger partial charge in [0.15, 0.2) is 5.78 Å². The average Bonchev–Trinajstić information content (AvgIpc) is 2.81. The van der Waals surface area contributed by atoms with Gasteiger partial charge >= 0.3 is 0 Å². The van der Waals surface area contributed by atoms with Crippen molar-refractivity contribution in [1.82, 2.24) is 19.6 Å². The molecule has 1 saturated heterocycles. The van der Waals surface area contributed by atoms with Crippen LogP contribution in [0.15, 0.2) is 0 Å². The van der Waals surface area contributed by atoms with Crippen molar-refractivity contribution >= 4 is 28.9 Å². The Morgan fingerprint density at radius 2 is 0.868 bits per heavy atom. The molecule has 0 saturated carbocycles. The summed E-state index contributed by atoms with van der Waals surface area (Å²) in [5.74, 6) is 0.345. The molecule has 1 aliphatic rings. The largest absolute Gasteiger partial charge is 0.379 e. The van der Waals surface area contributed by atoms with E-state index in [0.29, 0.717) is 111 Å². The van der Waals surface area contributed by atoms with E-state index in [4.69, 9.17) is 9.47 Å². The van der Waals surface area contributed by atoms with Crippen LogP contribution in [0.5, 0.6) is 0 Å². The van der Waals surface area contributed by atoms with E-state index < -0.39 is 0 Å². The summed E-state index contributed by atoms with van der Waals surface area (Å²) in [6.45, 7) is 13.9. The van der Waals surface area contributed by atoms with E-state index in [-0.39, 0.29) is 35.5 Å². The van der Waals surface area contributed by atoms with Gasteiger partial charge in [0.1, 0.15) is 29.7 Å². The number of ketones is 5. The predicted molar refractivity (Wildman–Crippen MR) is 144 cm³/mol. The minimum atomic E-state index is -0.0268. The van der Waals surface area contributed by atoms with Crippen LogP contribution < -0.4 is 0 Å². The zero-order valence-electron chi connectivity index (χ0n) is 23.9. The van der Waals surface area contributed by atoms with Gasteiger partial charge in [-0.25, -0.2) is 0 Å². The third-order valence-electron chi connectivity index (χ3n) is 6.09. The number of Topliss-reactive ketones (excluding diaryl/α,β-unsaturated/α-hetero) is 5. The topological polar surface area (TPSA) is 117 Å². The lowest BCUT2D eigenvalue weighted by molar-refractivity contribution is -0.122. The normalized spacial score (nSPS) is 17.5. The van der Waals surface area contributed by atoms with Gasteiger partial charge in [-0.3, -0.25) is 43.6 Å². The van der Waals surface area contributed by atoms with Gasteiger partial charge in [0.2, 0.25) is 0 Å². The second-order valence-electron chi connectivity index (χ2n) is 10.2. The predicted octanol–water partition coefficient (Wildman–Crippen LogP) is -0.0535.